The van der Waals surface area contributed by atoms with Gasteiger partial charge in [0, 0.05) is 6.61 Å². The zero-order chi connectivity index (χ0) is 9.80. The quantitative estimate of drug-likeness (QED) is 0.774. The monoisotopic (exact) mass is 192 g/mol. The van der Waals surface area contributed by atoms with Crippen LogP contribution in [-0.2, 0) is 4.74 Å². The molecule has 0 radical (unpaired) electrons. The van der Waals surface area contributed by atoms with Crippen molar-refractivity contribution in [3.63, 3.8) is 0 Å². The molecular weight excluding hydrogens is 176 g/mol. The summed E-state index contributed by atoms with van der Waals surface area (Å²) in [6.45, 7) is 1.23. The highest BCUT2D eigenvalue weighted by molar-refractivity contribution is 5.17. The van der Waals surface area contributed by atoms with E-state index in [4.69, 9.17) is 4.74 Å². The molecule has 1 unspecified atom stereocenters. The van der Waals surface area contributed by atoms with Gasteiger partial charge in [-0.05, 0) is 24.3 Å². The highest BCUT2D eigenvalue weighted by Crippen LogP contribution is 2.29. The van der Waals surface area contributed by atoms with Crippen LogP contribution < -0.4 is 0 Å². The van der Waals surface area contributed by atoms with Crippen molar-refractivity contribution in [2.45, 2.75) is 18.9 Å². The second-order valence-corrected chi connectivity index (χ2v) is 3.91. The van der Waals surface area contributed by atoms with Crippen molar-refractivity contribution in [2.75, 3.05) is 13.2 Å². The summed E-state index contributed by atoms with van der Waals surface area (Å²) in [5, 5.41) is 9.73. The summed E-state index contributed by atoms with van der Waals surface area (Å²) in [6.07, 6.45) is 2.11. The molecule has 0 amide bonds. The molecule has 14 heavy (non-hydrogen) atoms. The van der Waals surface area contributed by atoms with E-state index >= 15 is 0 Å². The third-order valence-electron chi connectivity index (χ3n) is 2.51. The Balaban J connectivity index is 1.74. The Kier molecular flexibility index (Phi) is 3.17. The first-order chi connectivity index (χ1) is 6.86. The van der Waals surface area contributed by atoms with Crippen LogP contribution in [0.25, 0.3) is 0 Å². The minimum absolute atomic E-state index is 0.417. The summed E-state index contributed by atoms with van der Waals surface area (Å²) in [5.74, 6) is 0.762. The van der Waals surface area contributed by atoms with Gasteiger partial charge in [0.1, 0.15) is 6.10 Å². The standard InChI is InChI=1S/C12H16O2/c13-12(9-14-8-10-6-7-10)11-4-2-1-3-5-11/h1-5,10,12-13H,6-9H2. The van der Waals surface area contributed by atoms with Crippen molar-refractivity contribution < 1.29 is 9.84 Å². The molecule has 0 spiro atoms. The first kappa shape index (κ1) is 9.69. The predicted octanol–water partition coefficient (Wildman–Crippen LogP) is 2.15. The molecule has 1 aromatic rings. The third kappa shape index (κ3) is 2.82. The first-order valence-electron chi connectivity index (χ1n) is 5.17. The van der Waals surface area contributed by atoms with Gasteiger partial charge in [-0.25, -0.2) is 0 Å². The van der Waals surface area contributed by atoms with Crippen LogP contribution in [0.4, 0.5) is 0 Å². The van der Waals surface area contributed by atoms with E-state index in [9.17, 15) is 5.11 Å². The second-order valence-electron chi connectivity index (χ2n) is 3.91. The summed E-state index contributed by atoms with van der Waals surface area (Å²) in [7, 11) is 0. The molecule has 2 heteroatoms. The predicted molar refractivity (Wildman–Crippen MR) is 54.9 cm³/mol. The van der Waals surface area contributed by atoms with E-state index in [-0.39, 0.29) is 0 Å². The molecule has 0 bridgehead atoms. The molecule has 1 aliphatic rings. The summed E-state index contributed by atoms with van der Waals surface area (Å²) >= 11 is 0. The molecule has 1 fully saturated rings. The molecule has 1 aliphatic carbocycles. The van der Waals surface area contributed by atoms with Crippen molar-refractivity contribution in [2.24, 2.45) is 5.92 Å². The molecule has 0 saturated heterocycles. The van der Waals surface area contributed by atoms with Gasteiger partial charge in [-0.15, -0.1) is 0 Å². The van der Waals surface area contributed by atoms with Gasteiger partial charge in [0.15, 0.2) is 0 Å². The third-order valence-corrected chi connectivity index (χ3v) is 2.51. The Hall–Kier alpha value is -0.860. The van der Waals surface area contributed by atoms with Crippen LogP contribution in [-0.4, -0.2) is 18.3 Å². The molecule has 0 aromatic heterocycles. The Morgan fingerprint density at radius 2 is 2.00 bits per heavy atom. The Morgan fingerprint density at radius 1 is 1.29 bits per heavy atom. The van der Waals surface area contributed by atoms with Crippen molar-refractivity contribution in [3.8, 4) is 0 Å². The summed E-state index contributed by atoms with van der Waals surface area (Å²) < 4.78 is 5.42. The fourth-order valence-corrected chi connectivity index (χ4v) is 1.40. The summed E-state index contributed by atoms with van der Waals surface area (Å²) in [6, 6.07) is 9.65. The van der Waals surface area contributed by atoms with Crippen molar-refractivity contribution in [3.05, 3.63) is 35.9 Å². The first-order valence-corrected chi connectivity index (χ1v) is 5.17. The van der Waals surface area contributed by atoms with Gasteiger partial charge in [-0.2, -0.15) is 0 Å². The van der Waals surface area contributed by atoms with E-state index in [1.54, 1.807) is 0 Å². The molecule has 1 aromatic carbocycles. The maximum atomic E-state index is 9.73. The molecule has 76 valence electrons. The molecule has 0 heterocycles. The highest BCUT2D eigenvalue weighted by Gasteiger charge is 2.21. The molecular formula is C12H16O2. The molecule has 2 nitrogen and oxygen atoms in total. The van der Waals surface area contributed by atoms with Crippen LogP contribution in [0.2, 0.25) is 0 Å². The van der Waals surface area contributed by atoms with Gasteiger partial charge >= 0.3 is 0 Å². The van der Waals surface area contributed by atoms with E-state index in [1.165, 1.54) is 12.8 Å². The topological polar surface area (TPSA) is 29.5 Å². The van der Waals surface area contributed by atoms with Gasteiger partial charge < -0.3 is 9.84 Å². The summed E-state index contributed by atoms with van der Waals surface area (Å²) in [4.78, 5) is 0. The number of hydrogen-bond donors (Lipinski definition) is 1. The van der Waals surface area contributed by atoms with E-state index < -0.39 is 6.10 Å². The van der Waals surface area contributed by atoms with Crippen molar-refractivity contribution >= 4 is 0 Å². The van der Waals surface area contributed by atoms with Crippen LogP contribution in [0.5, 0.6) is 0 Å². The second kappa shape index (κ2) is 4.58. The SMILES string of the molecule is OC(COCC1CC1)c1ccccc1. The maximum Gasteiger partial charge on any atom is 0.102 e. The number of aliphatic hydroxyl groups excluding tert-OH is 1. The number of benzene rings is 1. The van der Waals surface area contributed by atoms with Crippen LogP contribution in [0.1, 0.15) is 24.5 Å². The summed E-state index contributed by atoms with van der Waals surface area (Å²) in [5.41, 5.74) is 0.934. The van der Waals surface area contributed by atoms with Gasteiger partial charge in [0.25, 0.3) is 0 Å². The Morgan fingerprint density at radius 3 is 2.64 bits per heavy atom. The fourth-order valence-electron chi connectivity index (χ4n) is 1.40. The molecule has 2 rings (SSSR count). The lowest BCUT2D eigenvalue weighted by atomic mass is 10.1. The fraction of sp³-hybridized carbons (Fsp3) is 0.500. The number of hydrogen-bond acceptors (Lipinski definition) is 2. The van der Waals surface area contributed by atoms with E-state index in [0.717, 1.165) is 18.1 Å². The normalized spacial score (nSPS) is 18.1. The Bertz CT molecular complexity index is 267. The van der Waals surface area contributed by atoms with Crippen LogP contribution in [0, 0.1) is 5.92 Å². The lowest BCUT2D eigenvalue weighted by molar-refractivity contribution is 0.0315. The largest absolute Gasteiger partial charge is 0.386 e. The molecule has 1 atom stereocenters. The van der Waals surface area contributed by atoms with Crippen LogP contribution in [0.15, 0.2) is 30.3 Å². The smallest absolute Gasteiger partial charge is 0.102 e. The van der Waals surface area contributed by atoms with Crippen molar-refractivity contribution in [1.82, 2.24) is 0 Å². The minimum atomic E-state index is -0.477. The maximum absolute atomic E-state index is 9.73. The average Bonchev–Trinajstić information content (AvgIpc) is 3.03. The van der Waals surface area contributed by atoms with Gasteiger partial charge in [0.2, 0.25) is 0 Å². The van der Waals surface area contributed by atoms with Gasteiger partial charge in [0.05, 0.1) is 6.61 Å². The minimum Gasteiger partial charge on any atom is -0.386 e. The zero-order valence-electron chi connectivity index (χ0n) is 8.23. The lowest BCUT2D eigenvalue weighted by Crippen LogP contribution is -2.08. The number of rotatable bonds is 5. The van der Waals surface area contributed by atoms with Gasteiger partial charge in [-0.3, -0.25) is 0 Å². The molecule has 0 aliphatic heterocycles. The van der Waals surface area contributed by atoms with E-state index in [0.29, 0.717) is 6.61 Å². The Labute approximate surface area is 84.5 Å². The molecule has 1 N–H and O–H groups in total. The van der Waals surface area contributed by atoms with Gasteiger partial charge in [-0.1, -0.05) is 30.3 Å². The number of ether oxygens (including phenoxy) is 1. The van der Waals surface area contributed by atoms with E-state index in [2.05, 4.69) is 0 Å². The molecule has 1 saturated carbocycles. The van der Waals surface area contributed by atoms with E-state index in [1.807, 2.05) is 30.3 Å². The lowest BCUT2D eigenvalue weighted by Gasteiger charge is -2.10. The average molecular weight is 192 g/mol. The highest BCUT2D eigenvalue weighted by atomic mass is 16.5. The van der Waals surface area contributed by atoms with Crippen LogP contribution >= 0.6 is 0 Å². The number of aliphatic hydroxyl groups is 1. The van der Waals surface area contributed by atoms with Crippen LogP contribution in [0.3, 0.4) is 0 Å². The van der Waals surface area contributed by atoms with Crippen molar-refractivity contribution in [1.29, 1.82) is 0 Å². The zero-order valence-corrected chi connectivity index (χ0v) is 8.23.